The molecule has 2 aliphatic heterocycles. The van der Waals surface area contributed by atoms with E-state index in [4.69, 9.17) is 18.9 Å². The van der Waals surface area contributed by atoms with Crippen molar-refractivity contribution in [2.75, 3.05) is 40.0 Å². The van der Waals surface area contributed by atoms with Gasteiger partial charge in [-0.25, -0.2) is 0 Å². The van der Waals surface area contributed by atoms with Crippen LogP contribution < -0.4 is 18.9 Å². The summed E-state index contributed by atoms with van der Waals surface area (Å²) in [6.45, 7) is 2.09. The number of hydrogen-bond donors (Lipinski definition) is 0. The molecule has 4 rings (SSSR count). The predicted molar refractivity (Wildman–Crippen MR) is 110 cm³/mol. The number of nitrogens with zero attached hydrogens (tertiary/aromatic N) is 1. The second-order valence-corrected chi connectivity index (χ2v) is 7.34. The largest absolute Gasteiger partial charge is 0.497 e. The van der Waals surface area contributed by atoms with Crippen LogP contribution in [-0.2, 0) is 4.79 Å². The predicted octanol–water partition coefficient (Wildman–Crippen LogP) is 2.97. The highest BCUT2D eigenvalue weighted by Crippen LogP contribution is 2.32. The van der Waals surface area contributed by atoms with E-state index in [2.05, 4.69) is 0 Å². The highest BCUT2D eigenvalue weighted by molar-refractivity contribution is 5.98. The van der Waals surface area contributed by atoms with Crippen molar-refractivity contribution in [3.05, 3.63) is 48.0 Å². The van der Waals surface area contributed by atoms with E-state index < -0.39 is 0 Å². The number of Topliss-reactive ketones (excluding diaryl/α,β-unsaturated/α-hetero) is 1. The Hall–Kier alpha value is -3.22. The number of hydrogen-bond acceptors (Lipinski definition) is 6. The van der Waals surface area contributed by atoms with Crippen molar-refractivity contribution in [3.63, 3.8) is 0 Å². The van der Waals surface area contributed by atoms with Crippen LogP contribution in [0.4, 0.5) is 0 Å². The fourth-order valence-corrected chi connectivity index (χ4v) is 3.73. The highest BCUT2D eigenvalue weighted by atomic mass is 16.6. The Balaban J connectivity index is 1.27. The van der Waals surface area contributed by atoms with Crippen molar-refractivity contribution in [1.82, 2.24) is 4.90 Å². The van der Waals surface area contributed by atoms with Gasteiger partial charge in [0, 0.05) is 24.6 Å². The lowest BCUT2D eigenvalue weighted by molar-refractivity contribution is -0.134. The van der Waals surface area contributed by atoms with Gasteiger partial charge < -0.3 is 23.8 Å². The Kier molecular flexibility index (Phi) is 6.07. The number of fused-ring (bicyclic) bond motifs is 1. The van der Waals surface area contributed by atoms with Gasteiger partial charge in [0.25, 0.3) is 5.91 Å². The van der Waals surface area contributed by atoms with Crippen LogP contribution in [0.1, 0.15) is 23.2 Å². The molecule has 2 aromatic carbocycles. The molecule has 7 heteroatoms. The molecule has 0 N–H and O–H groups in total. The van der Waals surface area contributed by atoms with Gasteiger partial charge in [0.1, 0.15) is 24.7 Å². The lowest BCUT2D eigenvalue weighted by Crippen LogP contribution is -2.42. The van der Waals surface area contributed by atoms with Crippen molar-refractivity contribution in [3.8, 4) is 23.0 Å². The average Bonchev–Trinajstić information content (AvgIpc) is 2.82. The third kappa shape index (κ3) is 4.50. The Morgan fingerprint density at radius 3 is 2.33 bits per heavy atom. The first kappa shape index (κ1) is 20.1. The van der Waals surface area contributed by atoms with Gasteiger partial charge in [0.05, 0.1) is 7.11 Å². The molecule has 0 unspecified atom stereocenters. The number of piperidine rings is 1. The Morgan fingerprint density at radius 1 is 0.967 bits per heavy atom. The number of methoxy groups -OCH3 is 1. The maximum atomic E-state index is 12.9. The van der Waals surface area contributed by atoms with Crippen LogP contribution in [-0.4, -0.2) is 56.6 Å². The normalized spacial score (nSPS) is 16.1. The second kappa shape index (κ2) is 9.07. The molecular formula is C23H25NO6. The molecule has 2 aliphatic rings. The van der Waals surface area contributed by atoms with Gasteiger partial charge in [0.2, 0.25) is 0 Å². The number of carbonyl (C=O) groups excluding carboxylic acids is 2. The van der Waals surface area contributed by atoms with Gasteiger partial charge >= 0.3 is 0 Å². The minimum atomic E-state index is -0.0980. The van der Waals surface area contributed by atoms with Crippen LogP contribution in [0.5, 0.6) is 23.0 Å². The van der Waals surface area contributed by atoms with Crippen molar-refractivity contribution < 1.29 is 28.5 Å². The van der Waals surface area contributed by atoms with E-state index in [9.17, 15) is 9.59 Å². The van der Waals surface area contributed by atoms with E-state index in [1.165, 1.54) is 0 Å². The first-order chi connectivity index (χ1) is 14.6. The lowest BCUT2D eigenvalue weighted by atomic mass is 9.88. The summed E-state index contributed by atoms with van der Waals surface area (Å²) in [4.78, 5) is 27.1. The Bertz CT molecular complexity index is 902. The summed E-state index contributed by atoms with van der Waals surface area (Å²) >= 11 is 0. The fourth-order valence-electron chi connectivity index (χ4n) is 3.73. The third-order valence-corrected chi connectivity index (χ3v) is 5.47. The van der Waals surface area contributed by atoms with E-state index in [1.54, 1.807) is 54.5 Å². The molecule has 1 saturated heterocycles. The maximum Gasteiger partial charge on any atom is 0.260 e. The Labute approximate surface area is 175 Å². The zero-order chi connectivity index (χ0) is 20.9. The SMILES string of the molecule is COc1ccc(OCC(=O)N2CCC(C(=O)c3ccc4c(c3)OCCO4)CC2)cc1. The molecule has 0 spiro atoms. The quantitative estimate of drug-likeness (QED) is 0.681. The zero-order valence-electron chi connectivity index (χ0n) is 17.0. The van der Waals surface area contributed by atoms with Gasteiger partial charge in [-0.2, -0.15) is 0 Å². The fraction of sp³-hybridized carbons (Fsp3) is 0.391. The van der Waals surface area contributed by atoms with Gasteiger partial charge in [0.15, 0.2) is 23.9 Å². The molecule has 0 aromatic heterocycles. The van der Waals surface area contributed by atoms with E-state index in [0.717, 1.165) is 5.75 Å². The summed E-state index contributed by atoms with van der Waals surface area (Å²) in [5.74, 6) is 2.57. The monoisotopic (exact) mass is 411 g/mol. The number of rotatable bonds is 6. The van der Waals surface area contributed by atoms with Crippen LogP contribution in [0.3, 0.4) is 0 Å². The first-order valence-electron chi connectivity index (χ1n) is 10.1. The topological polar surface area (TPSA) is 74.3 Å². The average molecular weight is 411 g/mol. The summed E-state index contributed by atoms with van der Waals surface area (Å²) in [6.07, 6.45) is 1.28. The summed E-state index contributed by atoms with van der Waals surface area (Å²) in [5.41, 5.74) is 0.631. The second-order valence-electron chi connectivity index (χ2n) is 7.34. The van der Waals surface area contributed by atoms with Crippen LogP contribution in [0, 0.1) is 5.92 Å². The molecule has 1 amide bonds. The summed E-state index contributed by atoms with van der Waals surface area (Å²) in [5, 5.41) is 0. The molecule has 0 atom stereocenters. The van der Waals surface area contributed by atoms with Gasteiger partial charge in [-0.3, -0.25) is 9.59 Å². The standard InChI is InChI=1S/C23H25NO6/c1-27-18-3-5-19(6-4-18)30-15-22(25)24-10-8-16(9-11-24)23(26)17-2-7-20-21(14-17)29-13-12-28-20/h2-7,14,16H,8-13,15H2,1H3. The number of ketones is 1. The summed E-state index contributed by atoms with van der Waals surface area (Å²) in [7, 11) is 1.60. The zero-order valence-corrected chi connectivity index (χ0v) is 17.0. The summed E-state index contributed by atoms with van der Waals surface area (Å²) < 4.78 is 21.8. The smallest absolute Gasteiger partial charge is 0.260 e. The van der Waals surface area contributed by atoms with Crippen molar-refractivity contribution in [2.45, 2.75) is 12.8 Å². The molecule has 0 aliphatic carbocycles. The number of benzene rings is 2. The van der Waals surface area contributed by atoms with Crippen LogP contribution in [0.25, 0.3) is 0 Å². The lowest BCUT2D eigenvalue weighted by Gasteiger charge is -2.31. The van der Waals surface area contributed by atoms with Gasteiger partial charge in [-0.05, 0) is 55.3 Å². The number of likely N-dealkylation sites (tertiary alicyclic amines) is 1. The van der Waals surface area contributed by atoms with Crippen molar-refractivity contribution in [1.29, 1.82) is 0 Å². The molecule has 1 fully saturated rings. The van der Waals surface area contributed by atoms with E-state index >= 15 is 0 Å². The summed E-state index contributed by atoms with van der Waals surface area (Å²) in [6, 6.07) is 12.4. The Morgan fingerprint density at radius 2 is 1.63 bits per heavy atom. The van der Waals surface area contributed by atoms with Crippen LogP contribution in [0.2, 0.25) is 0 Å². The molecule has 2 aromatic rings. The number of ether oxygens (including phenoxy) is 4. The molecule has 0 bridgehead atoms. The van der Waals surface area contributed by atoms with Gasteiger partial charge in [-0.15, -0.1) is 0 Å². The molecule has 2 heterocycles. The van der Waals surface area contributed by atoms with Crippen molar-refractivity contribution >= 4 is 11.7 Å². The minimum absolute atomic E-state index is 0.0207. The van der Waals surface area contributed by atoms with E-state index in [1.807, 2.05) is 0 Å². The van der Waals surface area contributed by atoms with Crippen molar-refractivity contribution in [2.24, 2.45) is 5.92 Å². The van der Waals surface area contributed by atoms with Crippen LogP contribution in [0.15, 0.2) is 42.5 Å². The van der Waals surface area contributed by atoms with E-state index in [0.29, 0.717) is 62.0 Å². The minimum Gasteiger partial charge on any atom is -0.497 e. The van der Waals surface area contributed by atoms with Gasteiger partial charge in [-0.1, -0.05) is 0 Å². The number of carbonyl (C=O) groups is 2. The molecule has 30 heavy (non-hydrogen) atoms. The number of amides is 1. The first-order valence-corrected chi connectivity index (χ1v) is 10.1. The molecule has 0 radical (unpaired) electrons. The molecule has 7 nitrogen and oxygen atoms in total. The maximum absolute atomic E-state index is 12.9. The highest BCUT2D eigenvalue weighted by Gasteiger charge is 2.29. The molecular weight excluding hydrogens is 386 g/mol. The van der Waals surface area contributed by atoms with E-state index in [-0.39, 0.29) is 24.2 Å². The van der Waals surface area contributed by atoms with Crippen LogP contribution >= 0.6 is 0 Å². The molecule has 0 saturated carbocycles. The third-order valence-electron chi connectivity index (χ3n) is 5.47. The molecule has 158 valence electrons.